The van der Waals surface area contributed by atoms with Gasteiger partial charge in [-0.1, -0.05) is 0 Å². The minimum absolute atomic E-state index is 0.0769. The van der Waals surface area contributed by atoms with E-state index in [1.54, 1.807) is 26.0 Å². The van der Waals surface area contributed by atoms with Crippen molar-refractivity contribution in [1.29, 1.82) is 0 Å². The van der Waals surface area contributed by atoms with E-state index in [9.17, 15) is 14.4 Å². The minimum atomic E-state index is -4.22. The largest absolute Gasteiger partial charge is 0.374 e. The van der Waals surface area contributed by atoms with Gasteiger partial charge in [-0.2, -0.15) is 0 Å². The topological polar surface area (TPSA) is 64.0 Å². The van der Waals surface area contributed by atoms with Crippen molar-refractivity contribution in [3.63, 3.8) is 0 Å². The zero-order valence-corrected chi connectivity index (χ0v) is 10.5. The van der Waals surface area contributed by atoms with Crippen molar-refractivity contribution < 1.29 is 14.4 Å². The van der Waals surface area contributed by atoms with Crippen LogP contribution in [0, 0.1) is 0 Å². The predicted molar refractivity (Wildman–Crippen MR) is 58.6 cm³/mol. The molecule has 0 fully saturated rings. The van der Waals surface area contributed by atoms with Crippen molar-refractivity contribution in [2.24, 2.45) is 0 Å². The lowest BCUT2D eigenvalue weighted by Gasteiger charge is -2.39. The van der Waals surface area contributed by atoms with E-state index in [4.69, 9.17) is 0 Å². The first-order valence-corrected chi connectivity index (χ1v) is 6.21. The van der Waals surface area contributed by atoms with E-state index < -0.39 is 7.60 Å². The highest BCUT2D eigenvalue weighted by molar-refractivity contribution is 7.56. The molecule has 5 nitrogen and oxygen atoms in total. The molecular weight excluding hydrogens is 215 g/mol. The number of nitrogens with zero attached hydrogens (tertiary/aromatic N) is 2. The monoisotopic (exact) mass is 232 g/mol. The second-order valence-electron chi connectivity index (χ2n) is 3.75. The lowest BCUT2D eigenvalue weighted by atomic mass is 10.1. The van der Waals surface area contributed by atoms with Gasteiger partial charge in [-0.05, 0) is 31.9 Å². The van der Waals surface area contributed by atoms with Crippen molar-refractivity contribution in [3.8, 4) is 0 Å². The van der Waals surface area contributed by atoms with E-state index in [-0.39, 0.29) is 5.44 Å². The summed E-state index contributed by atoms with van der Waals surface area (Å²) >= 11 is 0. The fourth-order valence-electron chi connectivity index (χ4n) is 1.70. The quantitative estimate of drug-likeness (QED) is 0.670. The van der Waals surface area contributed by atoms with Gasteiger partial charge in [-0.25, -0.2) is 0 Å². The Kier molecular flexibility index (Phi) is 3.01. The highest BCUT2D eigenvalue weighted by Crippen LogP contribution is 2.51. The van der Waals surface area contributed by atoms with Crippen LogP contribution in [0.3, 0.4) is 0 Å². The lowest BCUT2D eigenvalue weighted by molar-refractivity contribution is 0.105. The molecule has 1 heterocycles. The number of hydrogen-bond acceptors (Lipinski definition) is 3. The predicted octanol–water partition coefficient (Wildman–Crippen LogP) is 1.48. The van der Waals surface area contributed by atoms with Crippen LogP contribution in [0.15, 0.2) is 22.3 Å². The summed E-state index contributed by atoms with van der Waals surface area (Å²) in [5.74, 6) is 0. The molecule has 0 aromatic carbocycles. The Labute approximate surface area is 89.8 Å². The van der Waals surface area contributed by atoms with Gasteiger partial charge in [0.1, 0.15) is 5.44 Å². The zero-order chi connectivity index (χ0) is 12.0. The van der Waals surface area contributed by atoms with Gasteiger partial charge in [-0.3, -0.25) is 14.6 Å². The Bertz CT molecular complexity index is 394. The maximum absolute atomic E-state index is 11.4. The van der Waals surface area contributed by atoms with Gasteiger partial charge in [0.25, 0.3) is 0 Å². The molecule has 0 spiro atoms. The molecule has 0 aromatic heterocycles. The average molecular weight is 232 g/mol. The Hall–Kier alpha value is -0.770. The second kappa shape index (κ2) is 3.67. The first-order valence-electron chi connectivity index (χ1n) is 4.60. The van der Waals surface area contributed by atoms with E-state index in [2.05, 4.69) is 0 Å². The average Bonchev–Trinajstić information content (AvgIpc) is 2.09. The van der Waals surface area contributed by atoms with Crippen LogP contribution in [0.25, 0.3) is 0 Å². The lowest BCUT2D eigenvalue weighted by Crippen LogP contribution is -2.38. The maximum Gasteiger partial charge on any atom is 0.374 e. The molecule has 0 bridgehead atoms. The molecule has 0 saturated carbocycles. The van der Waals surface area contributed by atoms with Crippen LogP contribution in [0.5, 0.6) is 0 Å². The Morgan fingerprint density at radius 1 is 1.00 bits per heavy atom. The third-order valence-electron chi connectivity index (χ3n) is 2.96. The van der Waals surface area contributed by atoms with Crippen LogP contribution in [0.1, 0.15) is 20.8 Å². The number of hydrazine groups is 1. The minimum Gasteiger partial charge on any atom is -0.320 e. The Morgan fingerprint density at radius 2 is 1.47 bits per heavy atom. The van der Waals surface area contributed by atoms with Crippen molar-refractivity contribution in [2.45, 2.75) is 20.8 Å². The summed E-state index contributed by atoms with van der Waals surface area (Å²) in [6.07, 6.45) is 0. The van der Waals surface area contributed by atoms with Crippen LogP contribution in [0.4, 0.5) is 0 Å². The summed E-state index contributed by atoms with van der Waals surface area (Å²) in [5, 5.41) is 3.23. The van der Waals surface area contributed by atoms with Crippen molar-refractivity contribution in [1.82, 2.24) is 10.0 Å². The standard InChI is InChI=1S/C9H17N2O3P/c1-6-7(2)9(15(12,13)14)11(5)10(4)8(6)3/h1-5H3,(H2,12,13,14). The molecule has 0 aliphatic carbocycles. The molecule has 15 heavy (non-hydrogen) atoms. The second-order valence-corrected chi connectivity index (χ2v) is 5.26. The third-order valence-corrected chi connectivity index (χ3v) is 4.14. The molecular formula is C9H17N2O3P. The first-order chi connectivity index (χ1) is 6.68. The molecule has 0 radical (unpaired) electrons. The Balaban J connectivity index is 3.42. The Morgan fingerprint density at radius 3 is 1.87 bits per heavy atom. The maximum atomic E-state index is 11.4. The van der Waals surface area contributed by atoms with Gasteiger partial charge in [0.15, 0.2) is 0 Å². The number of rotatable bonds is 1. The molecule has 2 N–H and O–H groups in total. The fraction of sp³-hybridized carbons (Fsp3) is 0.556. The summed E-state index contributed by atoms with van der Waals surface area (Å²) in [5.41, 5.74) is 2.63. The van der Waals surface area contributed by atoms with E-state index >= 15 is 0 Å². The molecule has 0 unspecified atom stereocenters. The van der Waals surface area contributed by atoms with Crippen LogP contribution in [-0.4, -0.2) is 33.9 Å². The zero-order valence-electron chi connectivity index (χ0n) is 9.64. The van der Waals surface area contributed by atoms with E-state index in [1.807, 2.05) is 13.8 Å². The highest BCUT2D eigenvalue weighted by Gasteiger charge is 2.33. The van der Waals surface area contributed by atoms with E-state index in [0.29, 0.717) is 5.57 Å². The van der Waals surface area contributed by atoms with E-state index in [0.717, 1.165) is 11.3 Å². The molecule has 1 aliphatic rings. The molecule has 0 saturated heterocycles. The van der Waals surface area contributed by atoms with Gasteiger partial charge < -0.3 is 9.79 Å². The van der Waals surface area contributed by atoms with Crippen LogP contribution in [0.2, 0.25) is 0 Å². The summed E-state index contributed by atoms with van der Waals surface area (Å²) in [6.45, 7) is 5.52. The van der Waals surface area contributed by atoms with Crippen molar-refractivity contribution in [2.75, 3.05) is 14.1 Å². The smallest absolute Gasteiger partial charge is 0.320 e. The van der Waals surface area contributed by atoms with Crippen molar-refractivity contribution >= 4 is 7.60 Å². The van der Waals surface area contributed by atoms with Crippen molar-refractivity contribution in [3.05, 3.63) is 22.3 Å². The summed E-state index contributed by atoms with van der Waals surface area (Å²) in [7, 11) is -0.800. The molecule has 1 rings (SSSR count). The molecule has 0 atom stereocenters. The van der Waals surface area contributed by atoms with Gasteiger partial charge in [-0.15, -0.1) is 0 Å². The molecule has 6 heteroatoms. The van der Waals surface area contributed by atoms with Gasteiger partial charge in [0.2, 0.25) is 0 Å². The summed E-state index contributed by atoms with van der Waals surface area (Å²) in [4.78, 5) is 18.5. The van der Waals surface area contributed by atoms with Crippen LogP contribution >= 0.6 is 7.60 Å². The first kappa shape index (κ1) is 12.3. The molecule has 0 aromatic rings. The SMILES string of the molecule is CC1=C(C)N(C)N(C)C(P(=O)(O)O)=C1C. The normalized spacial score (nSPS) is 19.1. The fourth-order valence-corrected chi connectivity index (χ4v) is 2.81. The number of hydrogen-bond donors (Lipinski definition) is 2. The molecule has 86 valence electrons. The van der Waals surface area contributed by atoms with Gasteiger partial charge >= 0.3 is 7.60 Å². The van der Waals surface area contributed by atoms with Crippen LogP contribution in [-0.2, 0) is 4.57 Å². The summed E-state index contributed by atoms with van der Waals surface area (Å²) in [6, 6.07) is 0. The van der Waals surface area contributed by atoms with E-state index in [1.165, 1.54) is 5.01 Å². The van der Waals surface area contributed by atoms with Gasteiger partial charge in [0.05, 0.1) is 0 Å². The van der Waals surface area contributed by atoms with Crippen LogP contribution < -0.4 is 0 Å². The molecule has 1 aliphatic heterocycles. The van der Waals surface area contributed by atoms with Gasteiger partial charge in [0, 0.05) is 19.8 Å². The third kappa shape index (κ3) is 1.95. The highest BCUT2D eigenvalue weighted by atomic mass is 31.2. The summed E-state index contributed by atoms with van der Waals surface area (Å²) < 4.78 is 11.4. The number of allylic oxidation sites excluding steroid dienone is 3. The molecule has 0 amide bonds.